The van der Waals surface area contributed by atoms with Crippen molar-refractivity contribution in [3.8, 4) is 11.3 Å². The van der Waals surface area contributed by atoms with Gasteiger partial charge in [0.15, 0.2) is 0 Å². The van der Waals surface area contributed by atoms with Crippen LogP contribution in [-0.2, 0) is 7.05 Å². The second kappa shape index (κ2) is 9.75. The third-order valence-electron chi connectivity index (χ3n) is 5.96. The Hall–Kier alpha value is -2.84. The quantitative estimate of drug-likeness (QED) is 0.396. The minimum atomic E-state index is 0.133. The molecule has 0 spiro atoms. The fourth-order valence-corrected chi connectivity index (χ4v) is 4.36. The van der Waals surface area contributed by atoms with E-state index in [0.29, 0.717) is 23.8 Å². The van der Waals surface area contributed by atoms with Crippen LogP contribution in [0.25, 0.3) is 11.3 Å². The van der Waals surface area contributed by atoms with Gasteiger partial charge in [0, 0.05) is 25.3 Å². The molecule has 0 radical (unpaired) electrons. The molecule has 3 aromatic rings. The standard InChI is InChI=1S/C23H31ClN8/c1-14-4-9-19(24)21(12-14)29-15(2)28-16-5-7-17(8-6-16)30-23-26-11-10-20(31-23)18-13-27-32(3)22(18)25/h4,9-13,15-17,28-29H,5-8,25H2,1-3H3,(H,26,30,31). The van der Waals surface area contributed by atoms with E-state index < -0.39 is 0 Å². The predicted octanol–water partition coefficient (Wildman–Crippen LogP) is 4.19. The maximum atomic E-state index is 6.32. The van der Waals surface area contributed by atoms with Crippen molar-refractivity contribution >= 4 is 29.1 Å². The smallest absolute Gasteiger partial charge is 0.223 e. The number of rotatable bonds is 7. The van der Waals surface area contributed by atoms with Gasteiger partial charge in [0.25, 0.3) is 0 Å². The highest BCUT2D eigenvalue weighted by Gasteiger charge is 2.23. The Kier molecular flexibility index (Phi) is 6.81. The third-order valence-corrected chi connectivity index (χ3v) is 6.29. The van der Waals surface area contributed by atoms with Gasteiger partial charge in [-0.3, -0.25) is 10.00 Å². The minimum absolute atomic E-state index is 0.133. The van der Waals surface area contributed by atoms with E-state index >= 15 is 0 Å². The van der Waals surface area contributed by atoms with Crippen molar-refractivity contribution in [2.24, 2.45) is 7.05 Å². The molecule has 0 saturated heterocycles. The van der Waals surface area contributed by atoms with Crippen LogP contribution in [0.1, 0.15) is 38.2 Å². The molecule has 170 valence electrons. The van der Waals surface area contributed by atoms with Gasteiger partial charge in [-0.05, 0) is 63.3 Å². The number of aryl methyl sites for hydroxylation is 2. The van der Waals surface area contributed by atoms with Crippen LogP contribution in [0, 0.1) is 6.92 Å². The van der Waals surface area contributed by atoms with E-state index in [1.165, 1.54) is 5.56 Å². The summed E-state index contributed by atoms with van der Waals surface area (Å²) in [5.41, 5.74) is 9.84. The van der Waals surface area contributed by atoms with Gasteiger partial charge in [-0.15, -0.1) is 0 Å². The lowest BCUT2D eigenvalue weighted by Gasteiger charge is -2.32. The number of hydrogen-bond donors (Lipinski definition) is 4. The van der Waals surface area contributed by atoms with E-state index in [2.05, 4.69) is 50.9 Å². The lowest BCUT2D eigenvalue weighted by Crippen LogP contribution is -2.44. The van der Waals surface area contributed by atoms with Gasteiger partial charge in [-0.1, -0.05) is 17.7 Å². The number of benzene rings is 1. The molecule has 1 aromatic carbocycles. The molecule has 0 aliphatic heterocycles. The third kappa shape index (κ3) is 5.31. The van der Waals surface area contributed by atoms with E-state index in [-0.39, 0.29) is 6.17 Å². The van der Waals surface area contributed by atoms with Gasteiger partial charge in [-0.2, -0.15) is 5.10 Å². The van der Waals surface area contributed by atoms with Crippen molar-refractivity contribution in [1.29, 1.82) is 0 Å². The number of hydrogen-bond acceptors (Lipinski definition) is 7. The molecule has 4 rings (SSSR count). The second-order valence-electron chi connectivity index (χ2n) is 8.54. The number of halogens is 1. The highest BCUT2D eigenvalue weighted by molar-refractivity contribution is 6.33. The van der Waals surface area contributed by atoms with Crippen molar-refractivity contribution < 1.29 is 0 Å². The Morgan fingerprint density at radius 1 is 1.16 bits per heavy atom. The van der Waals surface area contributed by atoms with E-state index in [0.717, 1.165) is 47.7 Å². The Morgan fingerprint density at radius 3 is 2.62 bits per heavy atom. The summed E-state index contributed by atoms with van der Waals surface area (Å²) >= 11 is 6.32. The van der Waals surface area contributed by atoms with Gasteiger partial charge < -0.3 is 16.4 Å². The Morgan fingerprint density at radius 2 is 1.91 bits per heavy atom. The Balaban J connectivity index is 1.28. The summed E-state index contributed by atoms with van der Waals surface area (Å²) in [5.74, 6) is 1.22. The van der Waals surface area contributed by atoms with Crippen LogP contribution in [0.15, 0.2) is 36.7 Å². The van der Waals surface area contributed by atoms with E-state index in [1.807, 2.05) is 25.2 Å². The lowest BCUT2D eigenvalue weighted by molar-refractivity contribution is 0.337. The summed E-state index contributed by atoms with van der Waals surface area (Å²) in [4.78, 5) is 9.04. The molecule has 0 amide bonds. The van der Waals surface area contributed by atoms with Gasteiger partial charge >= 0.3 is 0 Å². The number of anilines is 3. The van der Waals surface area contributed by atoms with E-state index in [9.17, 15) is 0 Å². The summed E-state index contributed by atoms with van der Waals surface area (Å²) in [6, 6.07) is 8.70. The minimum Gasteiger partial charge on any atom is -0.383 e. The summed E-state index contributed by atoms with van der Waals surface area (Å²) in [6.07, 6.45) is 7.90. The molecule has 9 heteroatoms. The highest BCUT2D eigenvalue weighted by Crippen LogP contribution is 2.26. The first kappa shape index (κ1) is 22.4. The largest absolute Gasteiger partial charge is 0.383 e. The molecule has 1 aliphatic rings. The van der Waals surface area contributed by atoms with Crippen LogP contribution in [0.4, 0.5) is 17.5 Å². The number of aromatic nitrogens is 4. The van der Waals surface area contributed by atoms with Crippen LogP contribution in [0.5, 0.6) is 0 Å². The number of nitrogens with two attached hydrogens (primary N) is 1. The molecule has 1 unspecified atom stereocenters. The molecule has 5 N–H and O–H groups in total. The van der Waals surface area contributed by atoms with Gasteiger partial charge in [0.05, 0.1) is 34.3 Å². The first-order valence-corrected chi connectivity index (χ1v) is 11.4. The van der Waals surface area contributed by atoms with Crippen LogP contribution in [0.2, 0.25) is 5.02 Å². The summed E-state index contributed by atoms with van der Waals surface area (Å²) in [5, 5.41) is 15.6. The molecule has 32 heavy (non-hydrogen) atoms. The maximum Gasteiger partial charge on any atom is 0.223 e. The van der Waals surface area contributed by atoms with Crippen molar-refractivity contribution in [1.82, 2.24) is 25.1 Å². The van der Waals surface area contributed by atoms with E-state index in [4.69, 9.17) is 17.3 Å². The molecule has 0 bridgehead atoms. The Labute approximate surface area is 194 Å². The molecular weight excluding hydrogens is 424 g/mol. The van der Waals surface area contributed by atoms with Crippen LogP contribution >= 0.6 is 11.6 Å². The molecule has 1 fully saturated rings. The Bertz CT molecular complexity index is 1060. The van der Waals surface area contributed by atoms with Gasteiger partial charge in [0.2, 0.25) is 5.95 Å². The fourth-order valence-electron chi connectivity index (χ4n) is 4.19. The molecule has 1 aliphatic carbocycles. The zero-order chi connectivity index (χ0) is 22.7. The molecular formula is C23H31ClN8. The molecule has 2 aromatic heterocycles. The SMILES string of the molecule is Cc1ccc(Cl)c(NC(C)NC2CCC(Nc3nccc(-c4cnn(C)c4N)n3)CC2)c1. The second-order valence-corrected chi connectivity index (χ2v) is 8.95. The van der Waals surface area contributed by atoms with Crippen LogP contribution in [0.3, 0.4) is 0 Å². The summed E-state index contributed by atoms with van der Waals surface area (Å²) in [6.45, 7) is 4.20. The van der Waals surface area contributed by atoms with Crippen LogP contribution < -0.4 is 21.7 Å². The average Bonchev–Trinajstić information content (AvgIpc) is 3.11. The van der Waals surface area contributed by atoms with Crippen molar-refractivity contribution in [3.05, 3.63) is 47.2 Å². The van der Waals surface area contributed by atoms with Crippen molar-refractivity contribution in [2.75, 3.05) is 16.4 Å². The molecule has 8 nitrogen and oxygen atoms in total. The average molecular weight is 455 g/mol. The lowest BCUT2D eigenvalue weighted by atomic mass is 9.91. The topological polar surface area (TPSA) is 106 Å². The molecule has 1 saturated carbocycles. The predicted molar refractivity (Wildman–Crippen MR) is 131 cm³/mol. The zero-order valence-electron chi connectivity index (χ0n) is 18.8. The molecule has 1 atom stereocenters. The highest BCUT2D eigenvalue weighted by atomic mass is 35.5. The number of nitrogens with zero attached hydrogens (tertiary/aromatic N) is 4. The monoisotopic (exact) mass is 454 g/mol. The van der Waals surface area contributed by atoms with Gasteiger partial charge in [-0.25, -0.2) is 9.97 Å². The number of nitrogen functional groups attached to an aromatic ring is 1. The normalized spacial score (nSPS) is 19.5. The summed E-state index contributed by atoms with van der Waals surface area (Å²) < 4.78 is 1.64. The zero-order valence-corrected chi connectivity index (χ0v) is 19.5. The fraction of sp³-hybridized carbons (Fsp3) is 0.435. The maximum absolute atomic E-state index is 6.32. The van der Waals surface area contributed by atoms with Gasteiger partial charge in [0.1, 0.15) is 5.82 Å². The first-order valence-electron chi connectivity index (χ1n) is 11.0. The van der Waals surface area contributed by atoms with Crippen molar-refractivity contribution in [2.45, 2.75) is 57.8 Å². The molecule has 2 heterocycles. The van der Waals surface area contributed by atoms with Crippen molar-refractivity contribution in [3.63, 3.8) is 0 Å². The first-order chi connectivity index (χ1) is 15.4. The summed E-state index contributed by atoms with van der Waals surface area (Å²) in [7, 11) is 1.82. The number of nitrogens with one attached hydrogen (secondary N) is 3. The van der Waals surface area contributed by atoms with E-state index in [1.54, 1.807) is 17.1 Å². The van der Waals surface area contributed by atoms with Crippen LogP contribution in [-0.4, -0.2) is 38.0 Å².